The molecule has 0 spiro atoms. The highest BCUT2D eigenvalue weighted by Crippen LogP contribution is 2.24. The van der Waals surface area contributed by atoms with E-state index in [1.807, 2.05) is 74.5 Å². The Kier molecular flexibility index (Phi) is 7.22. The molecule has 0 aromatic heterocycles. The maximum absolute atomic E-state index is 12.9. The molecule has 24 heavy (non-hydrogen) atoms. The molecule has 0 aliphatic rings. The van der Waals surface area contributed by atoms with E-state index in [1.165, 1.54) is 0 Å². The molecule has 0 amide bonds. The fraction of sp³-hybridized carbons (Fsp3) is 0.300. The monoisotopic (exact) mass is 362 g/mol. The third-order valence-corrected chi connectivity index (χ3v) is 5.69. The van der Waals surface area contributed by atoms with Crippen molar-refractivity contribution in [2.45, 2.75) is 43.1 Å². The molecule has 0 bridgehead atoms. The summed E-state index contributed by atoms with van der Waals surface area (Å²) in [5.74, 6) is 0. The number of aliphatic hydroxyl groups is 1. The number of aryl methyl sites for hydroxylation is 1. The van der Waals surface area contributed by atoms with Crippen molar-refractivity contribution in [1.29, 1.82) is 0 Å². The van der Waals surface area contributed by atoms with Crippen molar-refractivity contribution in [3.05, 3.63) is 76.7 Å². The van der Waals surface area contributed by atoms with Crippen LogP contribution in [0.15, 0.2) is 70.5 Å². The van der Waals surface area contributed by atoms with Crippen LogP contribution in [-0.2, 0) is 17.2 Å². The van der Waals surface area contributed by atoms with Crippen LogP contribution in [0.4, 0.5) is 0 Å². The summed E-state index contributed by atoms with van der Waals surface area (Å²) in [4.78, 5) is 1.17. The van der Waals surface area contributed by atoms with E-state index in [0.29, 0.717) is 22.6 Å². The average Bonchev–Trinajstić information content (AvgIpc) is 2.60. The highest BCUT2D eigenvalue weighted by molar-refractivity contribution is 7.89. The van der Waals surface area contributed by atoms with Crippen molar-refractivity contribution in [2.75, 3.05) is 0 Å². The second-order valence-electron chi connectivity index (χ2n) is 5.75. The Labute approximate surface area is 151 Å². The van der Waals surface area contributed by atoms with Gasteiger partial charge in [0.05, 0.1) is 16.2 Å². The summed E-state index contributed by atoms with van der Waals surface area (Å²) in [6.07, 6.45) is 2.09. The van der Waals surface area contributed by atoms with Gasteiger partial charge in [-0.1, -0.05) is 61.0 Å². The molecule has 0 fully saturated rings. The molecule has 4 heteroatoms. The zero-order chi connectivity index (χ0) is 17.5. The van der Waals surface area contributed by atoms with Crippen molar-refractivity contribution in [2.24, 2.45) is 0 Å². The van der Waals surface area contributed by atoms with Crippen LogP contribution in [0.5, 0.6) is 0 Å². The van der Waals surface area contributed by atoms with Gasteiger partial charge in [0.15, 0.2) is 0 Å². The largest absolute Gasteiger partial charge is 0.386 e. The lowest BCUT2D eigenvalue weighted by molar-refractivity contribution is 0.212. The van der Waals surface area contributed by atoms with Crippen LogP contribution < -0.4 is 0 Å². The Morgan fingerprint density at radius 2 is 1.79 bits per heavy atom. The summed E-state index contributed by atoms with van der Waals surface area (Å²) in [5, 5.41) is 10.1. The van der Waals surface area contributed by atoms with Gasteiger partial charge >= 0.3 is 0 Å². The lowest BCUT2D eigenvalue weighted by Gasteiger charge is -2.20. The number of halogens is 1. The fourth-order valence-corrected chi connectivity index (χ4v) is 4.18. The van der Waals surface area contributed by atoms with Gasteiger partial charge in [0.1, 0.15) is 6.10 Å². The Balaban J connectivity index is 2.18. The first kappa shape index (κ1) is 18.9. The maximum atomic E-state index is 12.9. The van der Waals surface area contributed by atoms with Gasteiger partial charge in [-0.3, -0.25) is 0 Å². The van der Waals surface area contributed by atoms with Crippen LogP contribution in [0.25, 0.3) is 0 Å². The molecule has 0 saturated heterocycles. The first-order valence-corrected chi connectivity index (χ1v) is 9.66. The SMILES string of the molecule is CC/C=C(\[C@H](O)[C@H](Cl)Cc1ccccc1)S(=O)c1ccc(C)cc1. The maximum Gasteiger partial charge on any atom is 0.104 e. The van der Waals surface area contributed by atoms with Gasteiger partial charge in [-0.2, -0.15) is 0 Å². The number of aliphatic hydroxyl groups excluding tert-OH is 1. The Hall–Kier alpha value is -1.42. The molecular formula is C20H23ClO2S. The summed E-state index contributed by atoms with van der Waals surface area (Å²) < 4.78 is 12.9. The summed E-state index contributed by atoms with van der Waals surface area (Å²) in [5.41, 5.74) is 2.16. The molecular weight excluding hydrogens is 340 g/mol. The van der Waals surface area contributed by atoms with Crippen molar-refractivity contribution in [3.8, 4) is 0 Å². The van der Waals surface area contributed by atoms with Crippen LogP contribution in [-0.4, -0.2) is 20.8 Å². The summed E-state index contributed by atoms with van der Waals surface area (Å²) in [7, 11) is -1.41. The van der Waals surface area contributed by atoms with Gasteiger partial charge in [-0.25, -0.2) is 4.21 Å². The Morgan fingerprint density at radius 3 is 2.38 bits per heavy atom. The minimum Gasteiger partial charge on any atom is -0.386 e. The number of hydrogen-bond donors (Lipinski definition) is 1. The number of hydrogen-bond acceptors (Lipinski definition) is 2. The van der Waals surface area contributed by atoms with Crippen LogP contribution in [0.1, 0.15) is 24.5 Å². The van der Waals surface area contributed by atoms with E-state index in [9.17, 15) is 9.32 Å². The second-order valence-corrected chi connectivity index (χ2v) is 7.79. The molecule has 128 valence electrons. The van der Waals surface area contributed by atoms with Gasteiger partial charge in [-0.15, -0.1) is 11.6 Å². The standard InChI is InChI=1S/C20H23ClO2S/c1-3-7-19(24(23)17-12-10-15(2)11-13-17)20(22)18(21)14-16-8-5-4-6-9-16/h4-13,18,20,22H,3,14H2,1-2H3/b19-7+/t18-,20-,24?/m1/s1. The van der Waals surface area contributed by atoms with E-state index in [1.54, 1.807) is 0 Å². The highest BCUT2D eigenvalue weighted by atomic mass is 35.5. The molecule has 3 atom stereocenters. The summed E-state index contributed by atoms with van der Waals surface area (Å²) in [6.45, 7) is 3.94. The number of alkyl halides is 1. The van der Waals surface area contributed by atoms with Gasteiger partial charge in [0, 0.05) is 9.80 Å². The lowest BCUT2D eigenvalue weighted by Crippen LogP contribution is -2.27. The van der Waals surface area contributed by atoms with E-state index in [-0.39, 0.29) is 0 Å². The number of benzene rings is 2. The van der Waals surface area contributed by atoms with E-state index >= 15 is 0 Å². The van der Waals surface area contributed by atoms with Gasteiger partial charge < -0.3 is 5.11 Å². The van der Waals surface area contributed by atoms with Gasteiger partial charge in [-0.05, 0) is 37.5 Å². The molecule has 0 heterocycles. The normalized spacial score (nSPS) is 15.8. The molecule has 2 aromatic carbocycles. The first-order chi connectivity index (χ1) is 11.5. The summed E-state index contributed by atoms with van der Waals surface area (Å²) in [6, 6.07) is 17.3. The quantitative estimate of drug-likeness (QED) is 0.730. The first-order valence-electron chi connectivity index (χ1n) is 8.07. The van der Waals surface area contributed by atoms with E-state index in [4.69, 9.17) is 11.6 Å². The van der Waals surface area contributed by atoms with Crippen LogP contribution in [0.2, 0.25) is 0 Å². The summed E-state index contributed by atoms with van der Waals surface area (Å²) >= 11 is 6.43. The van der Waals surface area contributed by atoms with E-state index in [2.05, 4.69) is 0 Å². The van der Waals surface area contributed by atoms with Crippen LogP contribution >= 0.6 is 11.6 Å². The number of allylic oxidation sites excluding steroid dienone is 1. The predicted octanol–water partition coefficient (Wildman–Crippen LogP) is 4.61. The third kappa shape index (κ3) is 5.04. The number of rotatable bonds is 7. The second kappa shape index (κ2) is 9.16. The molecule has 2 rings (SSSR count). The topological polar surface area (TPSA) is 37.3 Å². The molecule has 0 aliphatic heterocycles. The fourth-order valence-electron chi connectivity index (χ4n) is 2.43. The molecule has 2 aromatic rings. The highest BCUT2D eigenvalue weighted by Gasteiger charge is 2.25. The molecule has 2 nitrogen and oxygen atoms in total. The zero-order valence-electron chi connectivity index (χ0n) is 14.0. The molecule has 0 saturated carbocycles. The van der Waals surface area contributed by atoms with E-state index in [0.717, 1.165) is 11.1 Å². The Morgan fingerprint density at radius 1 is 1.17 bits per heavy atom. The Bertz CT molecular complexity index is 695. The van der Waals surface area contributed by atoms with Crippen molar-refractivity contribution in [3.63, 3.8) is 0 Å². The molecule has 1 unspecified atom stereocenters. The molecule has 0 radical (unpaired) electrons. The molecule has 0 aliphatic carbocycles. The van der Waals surface area contributed by atoms with Crippen LogP contribution in [0, 0.1) is 6.92 Å². The minimum atomic E-state index is -1.41. The van der Waals surface area contributed by atoms with Gasteiger partial charge in [0.2, 0.25) is 0 Å². The van der Waals surface area contributed by atoms with Crippen molar-refractivity contribution in [1.82, 2.24) is 0 Å². The minimum absolute atomic E-state index is 0.484. The third-order valence-electron chi connectivity index (χ3n) is 3.76. The van der Waals surface area contributed by atoms with Crippen molar-refractivity contribution >= 4 is 22.4 Å². The van der Waals surface area contributed by atoms with E-state index < -0.39 is 22.3 Å². The molecule has 1 N–H and O–H groups in total. The van der Waals surface area contributed by atoms with Gasteiger partial charge in [0.25, 0.3) is 0 Å². The van der Waals surface area contributed by atoms with Crippen molar-refractivity contribution < 1.29 is 9.32 Å². The zero-order valence-corrected chi connectivity index (χ0v) is 15.6. The van der Waals surface area contributed by atoms with Crippen LogP contribution in [0.3, 0.4) is 0 Å². The average molecular weight is 363 g/mol. The predicted molar refractivity (Wildman–Crippen MR) is 102 cm³/mol. The smallest absolute Gasteiger partial charge is 0.104 e. The lowest BCUT2D eigenvalue weighted by atomic mass is 10.1.